The van der Waals surface area contributed by atoms with Gasteiger partial charge >= 0.3 is 24.3 Å². The van der Waals surface area contributed by atoms with Gasteiger partial charge in [0, 0.05) is 24.7 Å². The first-order valence-corrected chi connectivity index (χ1v) is 8.97. The number of nitrogens with one attached hydrogen (secondary N) is 1. The summed E-state index contributed by atoms with van der Waals surface area (Å²) in [6, 6.07) is 1.02. The molecule has 0 saturated heterocycles. The molecule has 5 N–H and O–H groups in total. The Morgan fingerprint density at radius 2 is 1.19 bits per heavy atom. The van der Waals surface area contributed by atoms with Crippen molar-refractivity contribution in [1.29, 1.82) is 0 Å². The van der Waals surface area contributed by atoms with E-state index in [2.05, 4.69) is 0 Å². The summed E-state index contributed by atoms with van der Waals surface area (Å²) < 4.78 is 75.3. The summed E-state index contributed by atoms with van der Waals surface area (Å²) in [5.74, 6) is -4.15. The van der Waals surface area contributed by atoms with Gasteiger partial charge in [0.25, 0.3) is 11.4 Å². The molecule has 19 heteroatoms. The van der Waals surface area contributed by atoms with Gasteiger partial charge < -0.3 is 21.3 Å². The van der Waals surface area contributed by atoms with Crippen molar-refractivity contribution in [3.8, 4) is 0 Å². The molecule has 1 amide bonds. The second-order valence-electron chi connectivity index (χ2n) is 6.67. The van der Waals surface area contributed by atoms with E-state index in [9.17, 15) is 61.0 Å². The Labute approximate surface area is 199 Å². The lowest BCUT2D eigenvalue weighted by Gasteiger charge is -2.12. The van der Waals surface area contributed by atoms with Crippen molar-refractivity contribution in [1.82, 2.24) is 0 Å². The van der Waals surface area contributed by atoms with Crippen molar-refractivity contribution in [3.63, 3.8) is 0 Å². The number of carboxylic acids is 2. The highest BCUT2D eigenvalue weighted by Crippen LogP contribution is 2.40. The van der Waals surface area contributed by atoms with Gasteiger partial charge in [-0.3, -0.25) is 25.0 Å². The summed E-state index contributed by atoms with van der Waals surface area (Å²) in [5.41, 5.74) is -3.78. The molecule has 2 rings (SSSR count). The number of nitrogens with two attached hydrogens (primary N) is 1. The number of anilines is 2. The molecule has 0 aliphatic heterocycles. The second-order valence-corrected chi connectivity index (χ2v) is 6.67. The predicted octanol–water partition coefficient (Wildman–Crippen LogP) is 4.16. The molecule has 0 fully saturated rings. The first-order chi connectivity index (χ1) is 16.7. The standard InChI is InChI=1S/C10H7F3N2O5.C8H5F3N2O4/c1-4(16)14-7-3-6(10(11,12)13)8(15(19)20)2-5(7)9(17)18;9-8(10,11)4-2-5(12)3(7(14)15)1-6(4)13(16)17/h2-3H,1H3,(H,14,16)(H,17,18);1-2H,12H2,(H,14,15). The zero-order valence-electron chi connectivity index (χ0n) is 17.8. The number of nitro benzene ring substituents is 2. The van der Waals surface area contributed by atoms with Gasteiger partial charge in [-0.2, -0.15) is 26.3 Å². The van der Waals surface area contributed by atoms with Crippen LogP contribution < -0.4 is 11.1 Å². The summed E-state index contributed by atoms with van der Waals surface area (Å²) in [6.07, 6.45) is -10.0. The minimum absolute atomic E-state index is 0.225. The van der Waals surface area contributed by atoms with Crippen LogP contribution in [0.2, 0.25) is 0 Å². The third-order valence-electron chi connectivity index (χ3n) is 4.08. The first kappa shape index (κ1) is 30.1. The maximum Gasteiger partial charge on any atom is 0.423 e. The first-order valence-electron chi connectivity index (χ1n) is 8.97. The van der Waals surface area contributed by atoms with Crippen molar-refractivity contribution in [3.05, 3.63) is 66.7 Å². The molecule has 0 spiro atoms. The third kappa shape index (κ3) is 7.50. The van der Waals surface area contributed by atoms with E-state index in [0.717, 1.165) is 6.92 Å². The fourth-order valence-corrected chi connectivity index (χ4v) is 2.60. The van der Waals surface area contributed by atoms with Crippen LogP contribution in [0.5, 0.6) is 0 Å². The summed E-state index contributed by atoms with van der Waals surface area (Å²) in [5, 5.41) is 40.3. The van der Waals surface area contributed by atoms with E-state index in [1.807, 2.05) is 5.32 Å². The molecule has 0 aromatic heterocycles. The largest absolute Gasteiger partial charge is 0.478 e. The van der Waals surface area contributed by atoms with Crippen LogP contribution in [0.3, 0.4) is 0 Å². The number of carbonyl (C=O) groups is 3. The van der Waals surface area contributed by atoms with E-state index < -0.39 is 85.0 Å². The van der Waals surface area contributed by atoms with E-state index in [4.69, 9.17) is 15.9 Å². The second kappa shape index (κ2) is 10.7. The molecule has 2 aromatic carbocycles. The zero-order valence-corrected chi connectivity index (χ0v) is 17.8. The molecule has 0 saturated carbocycles. The molecule has 0 radical (unpaired) electrons. The molecule has 13 nitrogen and oxygen atoms in total. The van der Waals surface area contributed by atoms with Crippen LogP contribution in [0.15, 0.2) is 24.3 Å². The Balaban J connectivity index is 0.000000375. The molecule has 0 heterocycles. The number of nitro groups is 2. The van der Waals surface area contributed by atoms with E-state index in [-0.39, 0.29) is 18.2 Å². The fourth-order valence-electron chi connectivity index (χ4n) is 2.60. The van der Waals surface area contributed by atoms with E-state index in [1.54, 1.807) is 0 Å². The normalized spacial score (nSPS) is 11.1. The quantitative estimate of drug-likeness (QED) is 0.183. The monoisotopic (exact) mass is 542 g/mol. The van der Waals surface area contributed by atoms with E-state index >= 15 is 0 Å². The maximum absolute atomic E-state index is 12.7. The number of amides is 1. The lowest BCUT2D eigenvalue weighted by Crippen LogP contribution is -2.15. The van der Waals surface area contributed by atoms with Gasteiger partial charge in [-0.05, 0) is 12.1 Å². The minimum atomic E-state index is -5.06. The number of nitrogen functional groups attached to an aromatic ring is 1. The minimum Gasteiger partial charge on any atom is -0.478 e. The number of hydrogen-bond donors (Lipinski definition) is 4. The van der Waals surface area contributed by atoms with Crippen LogP contribution >= 0.6 is 0 Å². The van der Waals surface area contributed by atoms with Gasteiger partial charge in [0.2, 0.25) is 5.91 Å². The van der Waals surface area contributed by atoms with Gasteiger partial charge in [0.05, 0.1) is 26.7 Å². The summed E-state index contributed by atoms with van der Waals surface area (Å²) in [7, 11) is 0. The van der Waals surface area contributed by atoms with Crippen molar-refractivity contribution < 1.29 is 60.8 Å². The Bertz CT molecular complexity index is 1290. The molecular weight excluding hydrogens is 530 g/mol. The summed E-state index contributed by atoms with van der Waals surface area (Å²) >= 11 is 0. The Morgan fingerprint density at radius 3 is 1.51 bits per heavy atom. The SMILES string of the molecule is CC(=O)Nc1cc(C(F)(F)F)c([N+](=O)[O-])cc1C(=O)O.Nc1cc(C(F)(F)F)c([N+](=O)[O-])cc1C(=O)O. The molecule has 200 valence electrons. The number of hydrogen-bond acceptors (Lipinski definition) is 8. The highest BCUT2D eigenvalue weighted by atomic mass is 19.4. The van der Waals surface area contributed by atoms with Gasteiger partial charge in [-0.1, -0.05) is 0 Å². The lowest BCUT2D eigenvalue weighted by molar-refractivity contribution is -0.388. The van der Waals surface area contributed by atoms with Gasteiger partial charge in [-0.15, -0.1) is 0 Å². The van der Waals surface area contributed by atoms with Gasteiger partial charge in [0.1, 0.15) is 11.1 Å². The van der Waals surface area contributed by atoms with E-state index in [1.165, 1.54) is 0 Å². The Hall–Kier alpha value is -4.97. The van der Waals surface area contributed by atoms with Crippen LogP contribution in [-0.4, -0.2) is 37.9 Å². The van der Waals surface area contributed by atoms with Crippen LogP contribution in [0.1, 0.15) is 38.8 Å². The summed E-state index contributed by atoms with van der Waals surface area (Å²) in [6.45, 7) is 0.959. The van der Waals surface area contributed by atoms with Crippen LogP contribution in [-0.2, 0) is 17.1 Å². The van der Waals surface area contributed by atoms with Crippen molar-refractivity contribution >= 4 is 40.6 Å². The highest BCUT2D eigenvalue weighted by Gasteiger charge is 2.40. The molecule has 0 unspecified atom stereocenters. The molecule has 2 aromatic rings. The van der Waals surface area contributed by atoms with E-state index in [0.29, 0.717) is 6.07 Å². The lowest BCUT2D eigenvalue weighted by atomic mass is 10.1. The van der Waals surface area contributed by atoms with Crippen LogP contribution in [0.25, 0.3) is 0 Å². The number of carbonyl (C=O) groups excluding carboxylic acids is 1. The predicted molar refractivity (Wildman–Crippen MR) is 109 cm³/mol. The molecule has 37 heavy (non-hydrogen) atoms. The van der Waals surface area contributed by atoms with Crippen molar-refractivity contribution in [2.75, 3.05) is 11.1 Å². The van der Waals surface area contributed by atoms with Gasteiger partial charge in [-0.25, -0.2) is 9.59 Å². The average molecular weight is 542 g/mol. The number of rotatable bonds is 5. The topological polar surface area (TPSA) is 216 Å². The highest BCUT2D eigenvalue weighted by molar-refractivity contribution is 6.01. The molecule has 0 aliphatic carbocycles. The Kier molecular flexibility index (Phi) is 8.73. The third-order valence-corrected chi connectivity index (χ3v) is 4.08. The molecular formula is C18H12F6N4O9. The smallest absolute Gasteiger partial charge is 0.423 e. The Morgan fingerprint density at radius 1 is 0.811 bits per heavy atom. The number of halogens is 6. The van der Waals surface area contributed by atoms with Crippen LogP contribution in [0, 0.1) is 20.2 Å². The number of aromatic carboxylic acids is 2. The molecule has 0 atom stereocenters. The zero-order chi connectivity index (χ0) is 29.0. The number of alkyl halides is 6. The van der Waals surface area contributed by atoms with Gasteiger partial charge in [0.15, 0.2) is 0 Å². The van der Waals surface area contributed by atoms with Crippen molar-refractivity contribution in [2.24, 2.45) is 0 Å². The number of nitrogens with zero attached hydrogens (tertiary/aromatic N) is 2. The van der Waals surface area contributed by atoms with Crippen LogP contribution in [0.4, 0.5) is 49.1 Å². The maximum atomic E-state index is 12.7. The number of carboxylic acid groups (broad SMARTS) is 2. The fraction of sp³-hybridized carbons (Fsp3) is 0.167. The molecule has 0 bridgehead atoms. The van der Waals surface area contributed by atoms with Crippen molar-refractivity contribution in [2.45, 2.75) is 19.3 Å². The molecule has 0 aliphatic rings. The summed E-state index contributed by atoms with van der Waals surface area (Å²) in [4.78, 5) is 50.7. The average Bonchev–Trinajstić information content (AvgIpc) is 2.71. The number of benzene rings is 2.